The Hall–Kier alpha value is -1.16. The van der Waals surface area contributed by atoms with Crippen molar-refractivity contribution in [3.05, 3.63) is 17.7 Å². The lowest BCUT2D eigenvalue weighted by Gasteiger charge is -1.84. The van der Waals surface area contributed by atoms with E-state index in [2.05, 4.69) is 15.1 Å². The van der Waals surface area contributed by atoms with Gasteiger partial charge in [0.1, 0.15) is 11.0 Å². The van der Waals surface area contributed by atoms with Crippen molar-refractivity contribution in [2.45, 2.75) is 0 Å². The van der Waals surface area contributed by atoms with Gasteiger partial charge in [0.05, 0.1) is 12.4 Å². The highest BCUT2D eigenvalue weighted by Crippen LogP contribution is 2.09. The van der Waals surface area contributed by atoms with Crippen molar-refractivity contribution in [2.24, 2.45) is 7.05 Å². The van der Waals surface area contributed by atoms with Gasteiger partial charge < -0.3 is 0 Å². The molecule has 56 valence electrons. The van der Waals surface area contributed by atoms with Crippen LogP contribution in [-0.4, -0.2) is 19.7 Å². The second kappa shape index (κ2) is 2.17. The molecule has 2 heterocycles. The van der Waals surface area contributed by atoms with Crippen molar-refractivity contribution in [3.63, 3.8) is 0 Å². The number of rotatable bonds is 0. The number of nitrogens with zero attached hydrogens (tertiary/aromatic N) is 4. The van der Waals surface area contributed by atoms with Gasteiger partial charge in [0, 0.05) is 7.05 Å². The second-order valence-electron chi connectivity index (χ2n) is 2.21. The summed E-state index contributed by atoms with van der Waals surface area (Å²) in [6.45, 7) is 0. The van der Waals surface area contributed by atoms with Gasteiger partial charge in [-0.2, -0.15) is 5.10 Å². The first-order valence-electron chi connectivity index (χ1n) is 3.07. The first-order valence-corrected chi connectivity index (χ1v) is 3.45. The molecule has 0 saturated carbocycles. The van der Waals surface area contributed by atoms with E-state index < -0.39 is 0 Å². The van der Waals surface area contributed by atoms with Crippen LogP contribution >= 0.6 is 11.6 Å². The zero-order chi connectivity index (χ0) is 7.84. The quantitative estimate of drug-likeness (QED) is 0.552. The van der Waals surface area contributed by atoms with Crippen LogP contribution in [0.15, 0.2) is 12.4 Å². The molecule has 5 heteroatoms. The molecule has 0 bridgehead atoms. The van der Waals surface area contributed by atoms with Crippen LogP contribution in [0.2, 0.25) is 5.28 Å². The molecule has 0 spiro atoms. The first-order chi connectivity index (χ1) is 5.25. The predicted octanol–water partition coefficient (Wildman–Crippen LogP) is 1.02. The lowest BCUT2D eigenvalue weighted by molar-refractivity contribution is 0.779. The average molecular weight is 169 g/mol. The Morgan fingerprint density at radius 2 is 2.27 bits per heavy atom. The Morgan fingerprint density at radius 1 is 1.45 bits per heavy atom. The predicted molar refractivity (Wildman–Crippen MR) is 41.3 cm³/mol. The minimum atomic E-state index is 0.255. The summed E-state index contributed by atoms with van der Waals surface area (Å²) in [5, 5.41) is 4.34. The van der Waals surface area contributed by atoms with E-state index in [9.17, 15) is 0 Å². The molecule has 0 saturated heterocycles. The molecule has 0 aliphatic heterocycles. The topological polar surface area (TPSA) is 43.6 Å². The third-order valence-electron chi connectivity index (χ3n) is 1.34. The fraction of sp³-hybridized carbons (Fsp3) is 0.167. The van der Waals surface area contributed by atoms with Gasteiger partial charge in [0.15, 0.2) is 0 Å². The van der Waals surface area contributed by atoms with Crippen molar-refractivity contribution in [1.82, 2.24) is 19.7 Å². The second-order valence-corrected chi connectivity index (χ2v) is 2.55. The highest BCUT2D eigenvalue weighted by Gasteiger charge is 1.99. The van der Waals surface area contributed by atoms with Crippen LogP contribution in [0, 0.1) is 0 Å². The highest BCUT2D eigenvalue weighted by atomic mass is 35.5. The third-order valence-corrected chi connectivity index (χ3v) is 1.53. The van der Waals surface area contributed by atoms with E-state index in [0.717, 1.165) is 11.0 Å². The normalized spacial score (nSPS) is 10.7. The smallest absolute Gasteiger partial charge is 0.223 e. The van der Waals surface area contributed by atoms with Crippen LogP contribution in [0.3, 0.4) is 0 Å². The maximum absolute atomic E-state index is 5.57. The Morgan fingerprint density at radius 3 is 3.09 bits per heavy atom. The number of halogens is 1. The monoisotopic (exact) mass is 168 g/mol. The molecule has 0 aromatic carbocycles. The van der Waals surface area contributed by atoms with E-state index >= 15 is 0 Å². The van der Waals surface area contributed by atoms with E-state index in [0.29, 0.717) is 0 Å². The molecule has 0 aliphatic carbocycles. The van der Waals surface area contributed by atoms with Crippen molar-refractivity contribution < 1.29 is 0 Å². The van der Waals surface area contributed by atoms with Crippen LogP contribution in [0.1, 0.15) is 0 Å². The minimum absolute atomic E-state index is 0.255. The maximum atomic E-state index is 5.57. The molecule has 0 amide bonds. The van der Waals surface area contributed by atoms with E-state index in [-0.39, 0.29) is 5.28 Å². The summed E-state index contributed by atoms with van der Waals surface area (Å²) in [5.41, 5.74) is 1.53. The van der Waals surface area contributed by atoms with Crippen molar-refractivity contribution >= 4 is 22.6 Å². The van der Waals surface area contributed by atoms with Gasteiger partial charge in [-0.05, 0) is 11.6 Å². The van der Waals surface area contributed by atoms with E-state index in [1.807, 2.05) is 7.05 Å². The molecule has 11 heavy (non-hydrogen) atoms. The third kappa shape index (κ3) is 1.05. The standard InChI is InChI=1S/C6H5ClN4/c1-11-3-5-4(10-11)2-8-6(7)9-5/h2-3H,1H3. The summed E-state index contributed by atoms with van der Waals surface area (Å²) in [7, 11) is 1.83. The average Bonchev–Trinajstić information content (AvgIpc) is 2.27. The molecular formula is C6H5ClN4. The number of hydrogen-bond acceptors (Lipinski definition) is 3. The summed E-state index contributed by atoms with van der Waals surface area (Å²) in [6.07, 6.45) is 3.40. The molecule has 0 atom stereocenters. The van der Waals surface area contributed by atoms with Gasteiger partial charge in [-0.25, -0.2) is 9.97 Å². The molecular weight excluding hydrogens is 164 g/mol. The van der Waals surface area contributed by atoms with Crippen LogP contribution in [-0.2, 0) is 7.05 Å². The summed E-state index contributed by atoms with van der Waals surface area (Å²) in [4.78, 5) is 7.77. The maximum Gasteiger partial charge on any atom is 0.223 e. The molecule has 0 fully saturated rings. The molecule has 4 nitrogen and oxygen atoms in total. The molecule has 0 aliphatic rings. The van der Waals surface area contributed by atoms with E-state index in [4.69, 9.17) is 11.6 Å². The number of fused-ring (bicyclic) bond motifs is 1. The fourth-order valence-electron chi connectivity index (χ4n) is 0.914. The Bertz CT molecular complexity index is 394. The van der Waals surface area contributed by atoms with E-state index in [1.54, 1.807) is 17.1 Å². The van der Waals surface area contributed by atoms with Gasteiger partial charge in [-0.1, -0.05) is 0 Å². The zero-order valence-corrected chi connectivity index (χ0v) is 6.58. The van der Waals surface area contributed by atoms with Gasteiger partial charge in [-0.3, -0.25) is 4.68 Å². The summed E-state index contributed by atoms with van der Waals surface area (Å²) in [5.74, 6) is 0. The highest BCUT2D eigenvalue weighted by molar-refractivity contribution is 6.28. The minimum Gasteiger partial charge on any atom is -0.273 e. The molecule has 0 radical (unpaired) electrons. The molecule has 2 aromatic rings. The Balaban J connectivity index is 2.82. The molecule has 0 unspecified atom stereocenters. The van der Waals surface area contributed by atoms with Crippen molar-refractivity contribution in [1.29, 1.82) is 0 Å². The van der Waals surface area contributed by atoms with Crippen molar-refractivity contribution in [2.75, 3.05) is 0 Å². The lowest BCUT2D eigenvalue weighted by Crippen LogP contribution is -1.84. The summed E-state index contributed by atoms with van der Waals surface area (Å²) in [6, 6.07) is 0. The van der Waals surface area contributed by atoms with Crippen LogP contribution in [0.4, 0.5) is 0 Å². The summed E-state index contributed by atoms with van der Waals surface area (Å²) < 4.78 is 1.68. The molecule has 0 N–H and O–H groups in total. The van der Waals surface area contributed by atoms with Gasteiger partial charge in [-0.15, -0.1) is 0 Å². The lowest BCUT2D eigenvalue weighted by atomic mass is 10.5. The van der Waals surface area contributed by atoms with E-state index in [1.165, 1.54) is 0 Å². The molecule has 2 aromatic heterocycles. The number of aryl methyl sites for hydroxylation is 1. The Kier molecular flexibility index (Phi) is 1.29. The van der Waals surface area contributed by atoms with Gasteiger partial charge in [0.25, 0.3) is 0 Å². The van der Waals surface area contributed by atoms with Gasteiger partial charge in [0.2, 0.25) is 5.28 Å². The van der Waals surface area contributed by atoms with Gasteiger partial charge >= 0.3 is 0 Å². The number of hydrogen-bond donors (Lipinski definition) is 0. The first kappa shape index (κ1) is 6.54. The SMILES string of the molecule is Cn1cc2nc(Cl)ncc2n1. The molecule has 2 rings (SSSR count). The summed E-state index contributed by atoms with van der Waals surface area (Å²) >= 11 is 5.57. The van der Waals surface area contributed by atoms with Crippen LogP contribution in [0.25, 0.3) is 11.0 Å². The fourth-order valence-corrected chi connectivity index (χ4v) is 1.05. The van der Waals surface area contributed by atoms with Crippen molar-refractivity contribution in [3.8, 4) is 0 Å². The Labute approximate surface area is 67.8 Å². The van der Waals surface area contributed by atoms with Crippen LogP contribution < -0.4 is 0 Å². The largest absolute Gasteiger partial charge is 0.273 e. The number of aromatic nitrogens is 4. The zero-order valence-electron chi connectivity index (χ0n) is 5.82. The van der Waals surface area contributed by atoms with Crippen LogP contribution in [0.5, 0.6) is 0 Å².